The SMILES string of the molecule is CC(C)C(=O)N1CC(C)(C)c2cc(S(=O)(=O)NC3CCCCC3)ccc21. The van der Waals surface area contributed by atoms with Crippen LogP contribution in [-0.2, 0) is 20.2 Å². The number of nitrogens with zero attached hydrogens (tertiary/aromatic N) is 1. The first-order chi connectivity index (χ1) is 12.1. The monoisotopic (exact) mass is 378 g/mol. The summed E-state index contributed by atoms with van der Waals surface area (Å²) >= 11 is 0. The lowest BCUT2D eigenvalue weighted by Gasteiger charge is -2.23. The molecule has 0 aromatic heterocycles. The largest absolute Gasteiger partial charge is 0.311 e. The van der Waals surface area contributed by atoms with Crippen LogP contribution in [0, 0.1) is 5.92 Å². The first-order valence-electron chi connectivity index (χ1n) is 9.60. The second kappa shape index (κ2) is 6.97. The molecule has 26 heavy (non-hydrogen) atoms. The van der Waals surface area contributed by atoms with Gasteiger partial charge >= 0.3 is 0 Å². The molecule has 1 fully saturated rings. The predicted molar refractivity (Wildman–Crippen MR) is 104 cm³/mol. The fraction of sp³-hybridized carbons (Fsp3) is 0.650. The fourth-order valence-corrected chi connectivity index (χ4v) is 5.37. The van der Waals surface area contributed by atoms with Gasteiger partial charge in [-0.15, -0.1) is 0 Å². The molecule has 1 aliphatic heterocycles. The van der Waals surface area contributed by atoms with E-state index in [1.54, 1.807) is 23.1 Å². The van der Waals surface area contributed by atoms with Gasteiger partial charge in [-0.2, -0.15) is 0 Å². The lowest BCUT2D eigenvalue weighted by molar-refractivity contribution is -0.121. The number of sulfonamides is 1. The van der Waals surface area contributed by atoms with Crippen LogP contribution in [0.3, 0.4) is 0 Å². The lowest BCUT2D eigenvalue weighted by atomic mass is 9.87. The number of hydrogen-bond acceptors (Lipinski definition) is 3. The number of anilines is 1. The zero-order valence-corrected chi connectivity index (χ0v) is 17.0. The molecule has 0 spiro atoms. The van der Waals surface area contributed by atoms with Crippen molar-refractivity contribution in [1.29, 1.82) is 0 Å². The Morgan fingerprint density at radius 1 is 1.19 bits per heavy atom. The summed E-state index contributed by atoms with van der Waals surface area (Å²) in [5.74, 6) is -0.0131. The van der Waals surface area contributed by atoms with E-state index < -0.39 is 10.0 Å². The second-order valence-corrected chi connectivity index (χ2v) is 10.3. The topological polar surface area (TPSA) is 66.5 Å². The number of rotatable bonds is 4. The van der Waals surface area contributed by atoms with Crippen molar-refractivity contribution in [2.45, 2.75) is 76.2 Å². The molecule has 2 aliphatic rings. The van der Waals surface area contributed by atoms with Crippen molar-refractivity contribution in [1.82, 2.24) is 4.72 Å². The number of carbonyl (C=O) groups is 1. The fourth-order valence-electron chi connectivity index (χ4n) is 4.04. The molecule has 1 saturated carbocycles. The van der Waals surface area contributed by atoms with Gasteiger partial charge in [-0.05, 0) is 36.6 Å². The van der Waals surface area contributed by atoms with Crippen molar-refractivity contribution in [2.24, 2.45) is 5.92 Å². The molecule has 0 bridgehead atoms. The van der Waals surface area contributed by atoms with Crippen LogP contribution in [0.4, 0.5) is 5.69 Å². The Labute approximate surface area is 157 Å². The van der Waals surface area contributed by atoms with E-state index in [2.05, 4.69) is 18.6 Å². The minimum atomic E-state index is -3.54. The maximum atomic E-state index is 12.8. The van der Waals surface area contributed by atoms with Gasteiger partial charge in [0.25, 0.3) is 0 Å². The van der Waals surface area contributed by atoms with E-state index in [1.165, 1.54) is 6.42 Å². The molecule has 1 aromatic carbocycles. The summed E-state index contributed by atoms with van der Waals surface area (Å²) < 4.78 is 28.6. The third kappa shape index (κ3) is 3.67. The van der Waals surface area contributed by atoms with Crippen LogP contribution in [0.1, 0.15) is 65.4 Å². The van der Waals surface area contributed by atoms with Crippen molar-refractivity contribution < 1.29 is 13.2 Å². The van der Waals surface area contributed by atoms with Gasteiger partial charge in [0.1, 0.15) is 0 Å². The second-order valence-electron chi connectivity index (χ2n) is 8.60. The number of carbonyl (C=O) groups excluding carboxylic acids is 1. The number of nitrogens with one attached hydrogen (secondary N) is 1. The molecule has 1 aromatic rings. The van der Waals surface area contributed by atoms with Crippen LogP contribution in [0.5, 0.6) is 0 Å². The van der Waals surface area contributed by atoms with E-state index in [9.17, 15) is 13.2 Å². The average Bonchev–Trinajstić information content (AvgIpc) is 2.85. The maximum Gasteiger partial charge on any atom is 0.240 e. The van der Waals surface area contributed by atoms with Crippen LogP contribution in [0.15, 0.2) is 23.1 Å². The highest BCUT2D eigenvalue weighted by Gasteiger charge is 2.39. The van der Waals surface area contributed by atoms with Gasteiger partial charge < -0.3 is 4.90 Å². The summed E-state index contributed by atoms with van der Waals surface area (Å²) in [6.07, 6.45) is 5.16. The molecule has 1 N–H and O–H groups in total. The maximum absolute atomic E-state index is 12.8. The summed E-state index contributed by atoms with van der Waals surface area (Å²) in [6, 6.07) is 5.22. The number of amides is 1. The molecule has 5 nitrogen and oxygen atoms in total. The highest BCUT2D eigenvalue weighted by atomic mass is 32.2. The Morgan fingerprint density at radius 2 is 1.85 bits per heavy atom. The minimum Gasteiger partial charge on any atom is -0.311 e. The van der Waals surface area contributed by atoms with E-state index in [-0.39, 0.29) is 23.3 Å². The van der Waals surface area contributed by atoms with Gasteiger partial charge in [-0.3, -0.25) is 4.79 Å². The Bertz CT molecular complexity index is 793. The summed E-state index contributed by atoms with van der Waals surface area (Å²) in [6.45, 7) is 8.48. The molecule has 144 valence electrons. The Hall–Kier alpha value is -1.40. The Morgan fingerprint density at radius 3 is 2.46 bits per heavy atom. The molecule has 0 atom stereocenters. The molecular formula is C20H30N2O3S. The zero-order valence-electron chi connectivity index (χ0n) is 16.2. The van der Waals surface area contributed by atoms with Crippen LogP contribution in [-0.4, -0.2) is 26.9 Å². The first-order valence-corrected chi connectivity index (χ1v) is 11.1. The highest BCUT2D eigenvalue weighted by molar-refractivity contribution is 7.89. The van der Waals surface area contributed by atoms with Gasteiger partial charge in [0.15, 0.2) is 0 Å². The van der Waals surface area contributed by atoms with Crippen molar-refractivity contribution in [3.05, 3.63) is 23.8 Å². The van der Waals surface area contributed by atoms with Gasteiger partial charge in [0.05, 0.1) is 4.90 Å². The highest BCUT2D eigenvalue weighted by Crippen LogP contribution is 2.42. The molecule has 0 saturated heterocycles. The van der Waals surface area contributed by atoms with Crippen LogP contribution >= 0.6 is 0 Å². The van der Waals surface area contributed by atoms with Crippen molar-refractivity contribution in [3.8, 4) is 0 Å². The molecular weight excluding hydrogens is 348 g/mol. The molecule has 0 unspecified atom stereocenters. The molecule has 3 rings (SSSR count). The molecule has 0 radical (unpaired) electrons. The predicted octanol–water partition coefficient (Wildman–Crippen LogP) is 3.58. The Balaban J connectivity index is 1.91. The van der Waals surface area contributed by atoms with Gasteiger partial charge in [0.2, 0.25) is 15.9 Å². The number of fused-ring (bicyclic) bond motifs is 1. The van der Waals surface area contributed by atoms with E-state index in [0.29, 0.717) is 11.4 Å². The first kappa shape index (κ1) is 19.4. The normalized spacial score (nSPS) is 20.4. The third-order valence-electron chi connectivity index (χ3n) is 5.54. The lowest BCUT2D eigenvalue weighted by Crippen LogP contribution is -2.36. The number of benzene rings is 1. The quantitative estimate of drug-likeness (QED) is 0.871. The van der Waals surface area contributed by atoms with Gasteiger partial charge in [-0.1, -0.05) is 47.0 Å². The number of hydrogen-bond donors (Lipinski definition) is 1. The standard InChI is InChI=1S/C20H30N2O3S/c1-14(2)19(23)22-13-20(3,4)17-12-16(10-11-18(17)22)26(24,25)21-15-8-6-5-7-9-15/h10-12,14-15,21H,5-9,13H2,1-4H3. The van der Waals surface area contributed by atoms with E-state index in [1.807, 2.05) is 13.8 Å². The van der Waals surface area contributed by atoms with Gasteiger partial charge in [0, 0.05) is 29.6 Å². The average molecular weight is 379 g/mol. The summed E-state index contributed by atoms with van der Waals surface area (Å²) in [5, 5.41) is 0. The van der Waals surface area contributed by atoms with E-state index in [4.69, 9.17) is 0 Å². The third-order valence-corrected chi connectivity index (χ3v) is 7.06. The molecule has 1 aliphatic carbocycles. The van der Waals surface area contributed by atoms with Crippen LogP contribution in [0.25, 0.3) is 0 Å². The van der Waals surface area contributed by atoms with Crippen LogP contribution in [0.2, 0.25) is 0 Å². The molecule has 6 heteroatoms. The van der Waals surface area contributed by atoms with Gasteiger partial charge in [-0.25, -0.2) is 13.1 Å². The Kier molecular flexibility index (Phi) is 5.19. The van der Waals surface area contributed by atoms with Crippen molar-refractivity contribution >= 4 is 21.6 Å². The van der Waals surface area contributed by atoms with E-state index in [0.717, 1.165) is 36.9 Å². The summed E-state index contributed by atoms with van der Waals surface area (Å²) in [7, 11) is -3.54. The molecule has 1 heterocycles. The van der Waals surface area contributed by atoms with Crippen molar-refractivity contribution in [3.63, 3.8) is 0 Å². The summed E-state index contributed by atoms with van der Waals surface area (Å²) in [4.78, 5) is 14.6. The zero-order chi connectivity index (χ0) is 19.1. The van der Waals surface area contributed by atoms with E-state index >= 15 is 0 Å². The van der Waals surface area contributed by atoms with Crippen molar-refractivity contribution in [2.75, 3.05) is 11.4 Å². The van der Waals surface area contributed by atoms with Crippen LogP contribution < -0.4 is 9.62 Å². The summed E-state index contributed by atoms with van der Waals surface area (Å²) in [5.41, 5.74) is 1.50. The molecule has 1 amide bonds. The smallest absolute Gasteiger partial charge is 0.240 e. The minimum absolute atomic E-state index is 0.0361.